The molecule has 0 aliphatic rings. The van der Waals surface area contributed by atoms with Crippen LogP contribution in [0.2, 0.25) is 0 Å². The molecule has 0 aromatic carbocycles. The van der Waals surface area contributed by atoms with Crippen LogP contribution in [0.1, 0.15) is 10.4 Å². The summed E-state index contributed by atoms with van der Waals surface area (Å²) >= 11 is 2.20. The van der Waals surface area contributed by atoms with Crippen molar-refractivity contribution in [3.63, 3.8) is 0 Å². The van der Waals surface area contributed by atoms with E-state index in [0.717, 1.165) is 6.29 Å². The normalized spacial score (nSPS) is 10.8. The summed E-state index contributed by atoms with van der Waals surface area (Å²) in [5, 5.41) is 3.90. The molecule has 5 heteroatoms. The predicted octanol–water partition coefficient (Wildman–Crippen LogP) is 1.49. The number of rotatable bonds is 2. The van der Waals surface area contributed by atoms with Gasteiger partial charge in [0.2, 0.25) is 0 Å². The van der Waals surface area contributed by atoms with Crippen LogP contribution in [0.4, 0.5) is 0 Å². The van der Waals surface area contributed by atoms with E-state index in [1.54, 1.807) is 16.8 Å². The van der Waals surface area contributed by atoms with Gasteiger partial charge < -0.3 is 0 Å². The number of carbonyl (C=O) groups excluding carboxylic acids is 1. The molecule has 1 aromatic heterocycles. The van der Waals surface area contributed by atoms with Crippen LogP contribution in [0, 0.1) is 0 Å². The average molecular weight is 254 g/mol. The number of nitrogens with zero attached hydrogens (tertiary/aromatic N) is 2. The van der Waals surface area contributed by atoms with E-state index in [2.05, 4.69) is 27.1 Å². The fraction of sp³-hybridized carbons (Fsp3) is 0. The first kappa shape index (κ1) is 7.15. The van der Waals surface area contributed by atoms with Gasteiger partial charge in [-0.3, -0.25) is 4.79 Å². The number of halogens is 1. The number of carbonyl (C=O) groups is 1. The van der Waals surface area contributed by atoms with Crippen molar-refractivity contribution in [2.75, 3.05) is 0 Å². The summed E-state index contributed by atoms with van der Waals surface area (Å²) < 4.78 is 1.73. The zero-order valence-electron chi connectivity index (χ0n) is 4.41. The molecule has 1 unspecified atom stereocenters. The molecule has 9 heavy (non-hydrogen) atoms. The van der Waals surface area contributed by atoms with E-state index < -0.39 is 0 Å². The van der Waals surface area contributed by atoms with E-state index in [-0.39, 0.29) is 0 Å². The van der Waals surface area contributed by atoms with Crippen molar-refractivity contribution in [3.05, 3.63) is 18.0 Å². The van der Waals surface area contributed by atoms with Crippen LogP contribution in [0.5, 0.6) is 0 Å². The van der Waals surface area contributed by atoms with Gasteiger partial charge in [0.15, 0.2) is 6.29 Å². The van der Waals surface area contributed by atoms with Gasteiger partial charge in [0, 0.05) is 6.20 Å². The van der Waals surface area contributed by atoms with Gasteiger partial charge in [0.05, 0.1) is 18.1 Å². The van der Waals surface area contributed by atoms with Crippen LogP contribution >= 0.6 is 28.4 Å². The molecule has 0 aliphatic heterocycles. The lowest BCUT2D eigenvalue weighted by molar-refractivity contribution is 0.112. The highest BCUT2D eigenvalue weighted by molar-refractivity contribution is 14.2. The Labute approximate surface area is 67.1 Å². The minimum absolute atomic E-state index is 0.571. The van der Waals surface area contributed by atoms with Gasteiger partial charge in [-0.2, -0.15) is 5.10 Å². The summed E-state index contributed by atoms with van der Waals surface area (Å²) in [7, 11) is 0. The fourth-order valence-corrected chi connectivity index (χ4v) is 1.53. The lowest BCUT2D eigenvalue weighted by atomic mass is 10.4. The first-order chi connectivity index (χ1) is 4.36. The number of hydrogen-bond donors (Lipinski definition) is 0. The second-order valence-corrected chi connectivity index (χ2v) is 3.50. The quantitative estimate of drug-likeness (QED) is 0.455. The average Bonchev–Trinajstić information content (AvgIpc) is 2.34. The fourth-order valence-electron chi connectivity index (χ4n) is 0.444. The molecule has 0 aliphatic carbocycles. The molecule has 1 rings (SSSR count). The molecule has 0 amide bonds. The van der Waals surface area contributed by atoms with Crippen LogP contribution in [0.15, 0.2) is 12.4 Å². The van der Waals surface area contributed by atoms with Gasteiger partial charge in [-0.15, -0.1) is 0 Å². The molecule has 1 atom stereocenters. The Morgan fingerprint density at radius 3 is 3.00 bits per heavy atom. The molecular weight excluding hydrogens is 250 g/mol. The van der Waals surface area contributed by atoms with E-state index in [0.29, 0.717) is 11.9 Å². The van der Waals surface area contributed by atoms with Crippen LogP contribution < -0.4 is 0 Å². The predicted molar refractivity (Wildman–Crippen MR) is 45.3 cm³/mol. The zero-order chi connectivity index (χ0) is 6.69. The largest absolute Gasteiger partial charge is 0.298 e. The lowest BCUT2D eigenvalue weighted by Crippen LogP contribution is -1.76. The highest BCUT2D eigenvalue weighted by Gasteiger charge is 1.92. The van der Waals surface area contributed by atoms with Crippen molar-refractivity contribution in [2.45, 2.75) is 0 Å². The minimum atomic E-state index is 0.571. The van der Waals surface area contributed by atoms with E-state index in [4.69, 9.17) is 0 Å². The summed E-state index contributed by atoms with van der Waals surface area (Å²) in [6.45, 7) is 0. The van der Waals surface area contributed by atoms with Gasteiger partial charge >= 0.3 is 0 Å². The summed E-state index contributed by atoms with van der Waals surface area (Å²) in [5.41, 5.74) is 0.638. The van der Waals surface area contributed by atoms with E-state index in [9.17, 15) is 4.79 Å². The molecule has 1 aromatic rings. The maximum atomic E-state index is 10.1. The Morgan fingerprint density at radius 2 is 2.67 bits per heavy atom. The van der Waals surface area contributed by atoms with Crippen molar-refractivity contribution in [1.29, 1.82) is 0 Å². The molecule has 0 saturated carbocycles. The smallest absolute Gasteiger partial charge is 0.153 e. The third kappa shape index (κ3) is 1.72. The highest BCUT2D eigenvalue weighted by atomic mass is 127. The second-order valence-electron chi connectivity index (χ2n) is 1.42. The van der Waals surface area contributed by atoms with Crippen LogP contribution in [-0.4, -0.2) is 15.8 Å². The third-order valence-corrected chi connectivity index (χ3v) is 2.73. The molecule has 48 valence electrons. The Bertz CT molecular complexity index is 212. The van der Waals surface area contributed by atoms with Gasteiger partial charge in [-0.05, 0) is 22.0 Å². The molecule has 0 N–H and O–H groups in total. The lowest BCUT2D eigenvalue weighted by Gasteiger charge is -1.86. The van der Waals surface area contributed by atoms with Gasteiger partial charge in [0.1, 0.15) is 0 Å². The number of hydrogen-bond acceptors (Lipinski definition) is 2. The number of aromatic nitrogens is 2. The molecule has 0 bridgehead atoms. The standard InChI is InChI=1S/C4H4IN2OP/c5-9-7-2-4(3-8)1-6-7/h1-3,9H. The number of aldehydes is 1. The van der Waals surface area contributed by atoms with Crippen LogP contribution in [-0.2, 0) is 0 Å². The molecule has 0 fully saturated rings. The van der Waals surface area contributed by atoms with E-state index >= 15 is 0 Å². The first-order valence-electron chi connectivity index (χ1n) is 2.23. The van der Waals surface area contributed by atoms with Crippen molar-refractivity contribution in [2.24, 2.45) is 0 Å². The zero-order valence-corrected chi connectivity index (χ0v) is 7.57. The molecular formula is C4H4IN2OP. The van der Waals surface area contributed by atoms with E-state index in [1.807, 2.05) is 0 Å². The molecule has 1 heterocycles. The Balaban J connectivity index is 2.86. The van der Waals surface area contributed by atoms with Crippen molar-refractivity contribution in [1.82, 2.24) is 9.55 Å². The van der Waals surface area contributed by atoms with Gasteiger partial charge in [-0.1, -0.05) is 0 Å². The van der Waals surface area contributed by atoms with E-state index in [1.165, 1.54) is 0 Å². The SMILES string of the molecule is O=Cc1cnn(PI)c1. The summed E-state index contributed by atoms with van der Waals surface area (Å²) in [4.78, 5) is 10.1. The Kier molecular flexibility index (Phi) is 2.60. The van der Waals surface area contributed by atoms with Crippen LogP contribution in [0.25, 0.3) is 0 Å². The van der Waals surface area contributed by atoms with Gasteiger partial charge in [0.25, 0.3) is 0 Å². The Hall–Kier alpha value is 0.0400. The Morgan fingerprint density at radius 1 is 1.89 bits per heavy atom. The monoisotopic (exact) mass is 254 g/mol. The maximum Gasteiger partial charge on any atom is 0.153 e. The molecule has 0 saturated heterocycles. The summed E-state index contributed by atoms with van der Waals surface area (Å²) in [6, 6.07) is 0. The van der Waals surface area contributed by atoms with Crippen molar-refractivity contribution in [3.8, 4) is 0 Å². The summed E-state index contributed by atoms with van der Waals surface area (Å²) in [5.74, 6) is 0. The molecule has 3 nitrogen and oxygen atoms in total. The second kappa shape index (κ2) is 3.27. The molecule has 0 spiro atoms. The third-order valence-electron chi connectivity index (χ3n) is 0.825. The highest BCUT2D eigenvalue weighted by Crippen LogP contribution is 2.21. The minimum Gasteiger partial charge on any atom is -0.298 e. The van der Waals surface area contributed by atoms with Crippen LogP contribution in [0.3, 0.4) is 0 Å². The topological polar surface area (TPSA) is 34.9 Å². The molecule has 0 radical (unpaired) electrons. The first-order valence-corrected chi connectivity index (χ1v) is 6.29. The van der Waals surface area contributed by atoms with Crippen molar-refractivity contribution < 1.29 is 4.79 Å². The van der Waals surface area contributed by atoms with Gasteiger partial charge in [-0.25, -0.2) is 4.45 Å². The van der Waals surface area contributed by atoms with Crippen molar-refractivity contribution >= 4 is 34.7 Å². The maximum absolute atomic E-state index is 10.1. The summed E-state index contributed by atoms with van der Waals surface area (Å²) in [6.07, 6.45) is 4.64.